The van der Waals surface area contributed by atoms with Crippen LogP contribution in [0.2, 0.25) is 0 Å². The highest BCUT2D eigenvalue weighted by Crippen LogP contribution is 2.33. The maximum absolute atomic E-state index is 5.02. The summed E-state index contributed by atoms with van der Waals surface area (Å²) in [7, 11) is 0. The predicted octanol–water partition coefficient (Wildman–Crippen LogP) is 5.08. The van der Waals surface area contributed by atoms with Crippen LogP contribution in [0.15, 0.2) is 36.4 Å². The molecule has 0 amide bonds. The number of piperidine rings is 1. The summed E-state index contributed by atoms with van der Waals surface area (Å²) >= 11 is 1.82. The van der Waals surface area contributed by atoms with Crippen molar-refractivity contribution in [3.63, 3.8) is 0 Å². The van der Waals surface area contributed by atoms with Crippen molar-refractivity contribution in [2.24, 2.45) is 5.92 Å². The third-order valence-corrected chi connectivity index (χ3v) is 6.15. The Balaban J connectivity index is 1.76. The molecule has 1 unspecified atom stereocenters. The molecule has 1 aliphatic rings. The number of nitrogens with zero attached hydrogens (tertiary/aromatic N) is 3. The van der Waals surface area contributed by atoms with Crippen LogP contribution in [0, 0.1) is 5.92 Å². The third kappa shape index (κ3) is 3.54. The first kappa shape index (κ1) is 16.5. The summed E-state index contributed by atoms with van der Waals surface area (Å²) in [4.78, 5) is 14.9. The Morgan fingerprint density at radius 3 is 2.80 bits per heavy atom. The molecule has 0 bridgehead atoms. The van der Waals surface area contributed by atoms with Crippen LogP contribution in [0.3, 0.4) is 0 Å². The van der Waals surface area contributed by atoms with Crippen molar-refractivity contribution in [3.8, 4) is 0 Å². The molecule has 0 saturated carbocycles. The van der Waals surface area contributed by atoms with Gasteiger partial charge in [-0.25, -0.2) is 9.97 Å². The first-order valence-corrected chi connectivity index (χ1v) is 10.1. The van der Waals surface area contributed by atoms with Crippen molar-refractivity contribution in [1.82, 2.24) is 9.97 Å². The van der Waals surface area contributed by atoms with Crippen LogP contribution in [-0.2, 0) is 12.8 Å². The molecule has 1 atom stereocenters. The van der Waals surface area contributed by atoms with Gasteiger partial charge in [0.05, 0.1) is 5.39 Å². The molecule has 25 heavy (non-hydrogen) atoms. The number of rotatable bonds is 4. The van der Waals surface area contributed by atoms with Gasteiger partial charge in [-0.05, 0) is 36.8 Å². The smallest absolute Gasteiger partial charge is 0.141 e. The molecule has 1 aliphatic heterocycles. The zero-order valence-corrected chi connectivity index (χ0v) is 15.9. The van der Waals surface area contributed by atoms with Gasteiger partial charge in [0.1, 0.15) is 16.5 Å². The Hall–Kier alpha value is -1.94. The molecule has 1 aromatic carbocycles. The van der Waals surface area contributed by atoms with Crippen LogP contribution >= 0.6 is 11.3 Å². The summed E-state index contributed by atoms with van der Waals surface area (Å²) in [6.45, 7) is 6.78. The standard InChI is InChI=1S/C21H25N3S/c1-3-17-13-18-20(24-11-7-8-15(2)14-24)22-19(23-21(18)25-17)12-16-9-5-4-6-10-16/h4-6,9-10,13,15H,3,7-8,11-12,14H2,1-2H3. The highest BCUT2D eigenvalue weighted by atomic mass is 32.1. The average Bonchev–Trinajstić information content (AvgIpc) is 3.05. The van der Waals surface area contributed by atoms with Crippen molar-refractivity contribution in [2.45, 2.75) is 39.5 Å². The number of thiophene rings is 1. The van der Waals surface area contributed by atoms with Crippen molar-refractivity contribution < 1.29 is 0 Å². The molecule has 3 heterocycles. The Bertz CT molecular complexity index is 856. The molecule has 1 saturated heterocycles. The molecule has 3 aromatic rings. The zero-order valence-electron chi connectivity index (χ0n) is 15.0. The summed E-state index contributed by atoms with van der Waals surface area (Å²) in [5.74, 6) is 2.83. The van der Waals surface area contributed by atoms with E-state index >= 15 is 0 Å². The lowest BCUT2D eigenvalue weighted by Crippen LogP contribution is -2.35. The molecule has 1 fully saturated rings. The van der Waals surface area contributed by atoms with E-state index in [2.05, 4.69) is 55.1 Å². The molecule has 4 rings (SSSR count). The normalized spacial score (nSPS) is 18.0. The number of anilines is 1. The number of hydrogen-bond acceptors (Lipinski definition) is 4. The third-order valence-electron chi connectivity index (χ3n) is 4.98. The molecule has 4 heteroatoms. The van der Waals surface area contributed by atoms with Gasteiger partial charge in [0.25, 0.3) is 0 Å². The Kier molecular flexibility index (Phi) is 4.71. The first-order valence-electron chi connectivity index (χ1n) is 9.31. The van der Waals surface area contributed by atoms with Gasteiger partial charge >= 0.3 is 0 Å². The lowest BCUT2D eigenvalue weighted by atomic mass is 10.0. The molecular weight excluding hydrogens is 326 g/mol. The van der Waals surface area contributed by atoms with Crippen LogP contribution in [-0.4, -0.2) is 23.1 Å². The number of benzene rings is 1. The second-order valence-corrected chi connectivity index (χ2v) is 8.22. The van der Waals surface area contributed by atoms with Gasteiger partial charge in [0, 0.05) is 24.4 Å². The number of aromatic nitrogens is 2. The van der Waals surface area contributed by atoms with Gasteiger partial charge in [-0.1, -0.05) is 44.2 Å². The first-order chi connectivity index (χ1) is 12.2. The summed E-state index contributed by atoms with van der Waals surface area (Å²) in [5.41, 5.74) is 1.27. The number of fused-ring (bicyclic) bond motifs is 1. The summed E-state index contributed by atoms with van der Waals surface area (Å²) < 4.78 is 0. The van der Waals surface area contributed by atoms with E-state index in [1.807, 2.05) is 11.3 Å². The Labute approximate surface area is 153 Å². The Morgan fingerprint density at radius 1 is 1.20 bits per heavy atom. The van der Waals surface area contributed by atoms with Crippen LogP contribution < -0.4 is 4.90 Å². The van der Waals surface area contributed by atoms with Crippen LogP contribution in [0.25, 0.3) is 10.2 Å². The molecule has 0 spiro atoms. The number of hydrogen-bond donors (Lipinski definition) is 0. The monoisotopic (exact) mass is 351 g/mol. The fourth-order valence-electron chi connectivity index (χ4n) is 3.65. The van der Waals surface area contributed by atoms with E-state index in [1.54, 1.807) is 0 Å². The van der Waals surface area contributed by atoms with Gasteiger partial charge in [-0.15, -0.1) is 11.3 Å². The molecular formula is C21H25N3S. The lowest BCUT2D eigenvalue weighted by Gasteiger charge is -2.32. The SMILES string of the molecule is CCc1cc2c(N3CCCC(C)C3)nc(Cc3ccccc3)nc2s1. The minimum absolute atomic E-state index is 0.737. The quantitative estimate of drug-likeness (QED) is 0.656. The van der Waals surface area contributed by atoms with E-state index in [9.17, 15) is 0 Å². The van der Waals surface area contributed by atoms with Crippen LogP contribution in [0.4, 0.5) is 5.82 Å². The lowest BCUT2D eigenvalue weighted by molar-refractivity contribution is 0.445. The minimum Gasteiger partial charge on any atom is -0.356 e. The second kappa shape index (κ2) is 7.12. The summed E-state index contributed by atoms with van der Waals surface area (Å²) in [6.07, 6.45) is 4.44. The summed E-state index contributed by atoms with van der Waals surface area (Å²) in [5, 5.41) is 1.24. The fourth-order valence-corrected chi connectivity index (χ4v) is 4.63. The molecule has 3 nitrogen and oxygen atoms in total. The maximum atomic E-state index is 5.02. The topological polar surface area (TPSA) is 29.0 Å². The summed E-state index contributed by atoms with van der Waals surface area (Å²) in [6, 6.07) is 12.8. The molecule has 2 aromatic heterocycles. The fraction of sp³-hybridized carbons (Fsp3) is 0.429. The van der Waals surface area contributed by atoms with Gasteiger partial charge in [-0.2, -0.15) is 0 Å². The molecule has 0 aliphatic carbocycles. The van der Waals surface area contributed by atoms with Gasteiger partial charge in [0.2, 0.25) is 0 Å². The van der Waals surface area contributed by atoms with E-state index in [4.69, 9.17) is 9.97 Å². The minimum atomic E-state index is 0.737. The van der Waals surface area contributed by atoms with Crippen LogP contribution in [0.1, 0.15) is 43.0 Å². The van der Waals surface area contributed by atoms with Crippen molar-refractivity contribution in [3.05, 3.63) is 52.7 Å². The highest BCUT2D eigenvalue weighted by Gasteiger charge is 2.22. The zero-order chi connectivity index (χ0) is 17.2. The average molecular weight is 352 g/mol. The second-order valence-electron chi connectivity index (χ2n) is 7.10. The van der Waals surface area contributed by atoms with Crippen molar-refractivity contribution >= 4 is 27.4 Å². The van der Waals surface area contributed by atoms with Crippen LogP contribution in [0.5, 0.6) is 0 Å². The van der Waals surface area contributed by atoms with Gasteiger partial charge in [-0.3, -0.25) is 0 Å². The molecule has 0 N–H and O–H groups in total. The molecule has 0 radical (unpaired) electrons. The number of aryl methyl sites for hydroxylation is 1. The van der Waals surface area contributed by atoms with E-state index in [0.29, 0.717) is 0 Å². The van der Waals surface area contributed by atoms with Crippen molar-refractivity contribution in [2.75, 3.05) is 18.0 Å². The van der Waals surface area contributed by atoms with Gasteiger partial charge in [0.15, 0.2) is 0 Å². The van der Waals surface area contributed by atoms with Crippen molar-refractivity contribution in [1.29, 1.82) is 0 Å². The van der Waals surface area contributed by atoms with E-state index in [0.717, 1.165) is 48.3 Å². The maximum Gasteiger partial charge on any atom is 0.141 e. The molecule has 130 valence electrons. The largest absolute Gasteiger partial charge is 0.356 e. The predicted molar refractivity (Wildman–Crippen MR) is 107 cm³/mol. The van der Waals surface area contributed by atoms with Gasteiger partial charge < -0.3 is 4.90 Å². The Morgan fingerprint density at radius 2 is 2.04 bits per heavy atom. The van der Waals surface area contributed by atoms with E-state index < -0.39 is 0 Å². The highest BCUT2D eigenvalue weighted by molar-refractivity contribution is 7.18. The van der Waals surface area contributed by atoms with E-state index in [1.165, 1.54) is 28.7 Å². The van der Waals surface area contributed by atoms with E-state index in [-0.39, 0.29) is 0 Å².